The van der Waals surface area contributed by atoms with Crippen molar-refractivity contribution in [3.63, 3.8) is 0 Å². The van der Waals surface area contributed by atoms with Gasteiger partial charge >= 0.3 is 0 Å². The van der Waals surface area contributed by atoms with Gasteiger partial charge in [-0.25, -0.2) is 4.39 Å². The number of hydrogen-bond donors (Lipinski definition) is 3. The molecular formula is C10H13BrFNO2. The first-order chi connectivity index (χ1) is 6.99. The van der Waals surface area contributed by atoms with Gasteiger partial charge in [0.2, 0.25) is 0 Å². The predicted molar refractivity (Wildman–Crippen MR) is 59.4 cm³/mol. The molecule has 1 aromatic rings. The fourth-order valence-corrected chi connectivity index (χ4v) is 1.93. The molecular weight excluding hydrogens is 265 g/mol. The van der Waals surface area contributed by atoms with E-state index >= 15 is 0 Å². The zero-order valence-electron chi connectivity index (χ0n) is 8.51. The first-order valence-electron chi connectivity index (χ1n) is 4.49. The number of aliphatic hydroxyl groups is 1. The van der Waals surface area contributed by atoms with E-state index in [1.165, 1.54) is 6.07 Å². The van der Waals surface area contributed by atoms with Gasteiger partial charge in [-0.3, -0.25) is 0 Å². The summed E-state index contributed by atoms with van der Waals surface area (Å²) in [4.78, 5) is 0. The maximum atomic E-state index is 13.2. The van der Waals surface area contributed by atoms with Crippen molar-refractivity contribution >= 4 is 15.9 Å². The van der Waals surface area contributed by atoms with E-state index in [1.54, 1.807) is 14.0 Å². The number of likely N-dealkylation sites (N-methyl/N-ethyl adjacent to an activating group) is 1. The number of aromatic hydroxyl groups is 1. The number of aliphatic hydroxyl groups excluding tert-OH is 1. The highest BCUT2D eigenvalue weighted by atomic mass is 79.9. The molecule has 84 valence electrons. The molecule has 0 aromatic heterocycles. The van der Waals surface area contributed by atoms with Crippen molar-refractivity contribution in [3.05, 3.63) is 27.5 Å². The second kappa shape index (κ2) is 4.92. The Morgan fingerprint density at radius 3 is 2.73 bits per heavy atom. The van der Waals surface area contributed by atoms with Gasteiger partial charge in [0, 0.05) is 16.6 Å². The minimum Gasteiger partial charge on any atom is -0.505 e. The van der Waals surface area contributed by atoms with Gasteiger partial charge in [-0.05, 0) is 41.5 Å². The Balaban J connectivity index is 3.26. The molecule has 0 spiro atoms. The Bertz CT molecular complexity index is 345. The Morgan fingerprint density at radius 1 is 1.60 bits per heavy atom. The first kappa shape index (κ1) is 12.4. The highest BCUT2D eigenvalue weighted by molar-refractivity contribution is 9.10. The van der Waals surface area contributed by atoms with Gasteiger partial charge in [0.25, 0.3) is 0 Å². The van der Waals surface area contributed by atoms with E-state index in [-0.39, 0.29) is 12.1 Å². The maximum Gasteiger partial charge on any atom is 0.165 e. The van der Waals surface area contributed by atoms with Crippen LogP contribution in [0.25, 0.3) is 0 Å². The molecule has 0 fully saturated rings. The Morgan fingerprint density at radius 2 is 2.20 bits per heavy atom. The Labute approximate surface area is 96.1 Å². The highest BCUT2D eigenvalue weighted by Crippen LogP contribution is 2.36. The molecule has 5 heteroatoms. The van der Waals surface area contributed by atoms with Gasteiger partial charge in [0.05, 0.1) is 6.10 Å². The molecule has 0 aliphatic carbocycles. The topological polar surface area (TPSA) is 52.5 Å². The normalized spacial score (nSPS) is 12.9. The lowest BCUT2D eigenvalue weighted by Crippen LogP contribution is -2.17. The lowest BCUT2D eigenvalue weighted by molar-refractivity contribution is 0.172. The maximum absolute atomic E-state index is 13.2. The minimum atomic E-state index is -0.946. The summed E-state index contributed by atoms with van der Waals surface area (Å²) in [7, 11) is 1.67. The van der Waals surface area contributed by atoms with Gasteiger partial charge in [-0.15, -0.1) is 0 Å². The smallest absolute Gasteiger partial charge is 0.165 e. The zero-order chi connectivity index (χ0) is 11.6. The van der Waals surface area contributed by atoms with E-state index in [4.69, 9.17) is 0 Å². The van der Waals surface area contributed by atoms with Crippen molar-refractivity contribution < 1.29 is 14.6 Å². The van der Waals surface area contributed by atoms with Crippen LogP contribution in [-0.2, 0) is 0 Å². The highest BCUT2D eigenvalue weighted by Gasteiger charge is 2.20. The largest absolute Gasteiger partial charge is 0.505 e. The minimum absolute atomic E-state index is 0.182. The van der Waals surface area contributed by atoms with Crippen molar-refractivity contribution in [2.75, 3.05) is 13.6 Å². The van der Waals surface area contributed by atoms with Gasteiger partial charge < -0.3 is 15.5 Å². The molecule has 1 aromatic carbocycles. The molecule has 0 aliphatic rings. The van der Waals surface area contributed by atoms with Crippen LogP contribution in [0.2, 0.25) is 0 Å². The van der Waals surface area contributed by atoms with Crippen molar-refractivity contribution in [1.82, 2.24) is 5.32 Å². The first-order valence-corrected chi connectivity index (χ1v) is 5.28. The second-order valence-corrected chi connectivity index (χ2v) is 4.12. The van der Waals surface area contributed by atoms with Crippen LogP contribution in [0.4, 0.5) is 4.39 Å². The number of halogens is 2. The fraction of sp³-hybridized carbons (Fsp3) is 0.400. The third kappa shape index (κ3) is 2.48. The molecule has 3 nitrogen and oxygen atoms in total. The number of nitrogens with one attached hydrogen (secondary N) is 1. The third-order valence-electron chi connectivity index (χ3n) is 2.14. The lowest BCUT2D eigenvalue weighted by Gasteiger charge is -2.16. The number of benzene rings is 1. The van der Waals surface area contributed by atoms with Crippen molar-refractivity contribution in [1.29, 1.82) is 0 Å². The average molecular weight is 278 g/mol. The predicted octanol–water partition coefficient (Wildman–Crippen LogP) is 1.86. The monoisotopic (exact) mass is 277 g/mol. The number of phenols is 1. The molecule has 0 saturated carbocycles. The average Bonchev–Trinajstić information content (AvgIpc) is 2.16. The summed E-state index contributed by atoms with van der Waals surface area (Å²) in [5, 5.41) is 22.0. The summed E-state index contributed by atoms with van der Waals surface area (Å²) in [6.45, 7) is 1.94. The summed E-state index contributed by atoms with van der Waals surface area (Å²) in [5.74, 6) is -1.23. The van der Waals surface area contributed by atoms with Crippen LogP contribution >= 0.6 is 15.9 Å². The number of hydrogen-bond acceptors (Lipinski definition) is 3. The van der Waals surface area contributed by atoms with E-state index in [9.17, 15) is 14.6 Å². The zero-order valence-corrected chi connectivity index (χ0v) is 10.1. The standard InChI is InChI=1S/C10H13BrFNO2/c1-5-3-6(12)10(15)8(9(5)11)7(14)4-13-2/h3,7,13-15H,4H2,1-2H3. The summed E-state index contributed by atoms with van der Waals surface area (Å²) in [6, 6.07) is 1.22. The lowest BCUT2D eigenvalue weighted by atomic mass is 10.0. The van der Waals surface area contributed by atoms with Crippen molar-refractivity contribution in [2.24, 2.45) is 0 Å². The summed E-state index contributed by atoms with van der Waals surface area (Å²) < 4.78 is 13.7. The van der Waals surface area contributed by atoms with Crippen LogP contribution < -0.4 is 5.32 Å². The fourth-order valence-electron chi connectivity index (χ4n) is 1.37. The molecule has 3 N–H and O–H groups in total. The molecule has 0 amide bonds. The van der Waals surface area contributed by atoms with Crippen LogP contribution in [0.15, 0.2) is 10.5 Å². The van der Waals surface area contributed by atoms with E-state index < -0.39 is 17.7 Å². The number of aryl methyl sites for hydroxylation is 1. The molecule has 0 radical (unpaired) electrons. The van der Waals surface area contributed by atoms with E-state index in [0.717, 1.165) is 0 Å². The molecule has 0 heterocycles. The quantitative estimate of drug-likeness (QED) is 0.791. The van der Waals surface area contributed by atoms with E-state index in [2.05, 4.69) is 21.2 Å². The molecule has 15 heavy (non-hydrogen) atoms. The SMILES string of the molecule is CNCC(O)c1c(O)c(F)cc(C)c1Br. The van der Waals surface area contributed by atoms with E-state index in [1.807, 2.05) is 0 Å². The number of rotatable bonds is 3. The van der Waals surface area contributed by atoms with Gasteiger partial charge in [0.15, 0.2) is 11.6 Å². The molecule has 0 aliphatic heterocycles. The molecule has 0 saturated heterocycles. The van der Waals surface area contributed by atoms with Gasteiger partial charge in [-0.1, -0.05) is 0 Å². The van der Waals surface area contributed by atoms with Crippen LogP contribution in [0.1, 0.15) is 17.2 Å². The number of phenolic OH excluding ortho intramolecular Hbond substituents is 1. The van der Waals surface area contributed by atoms with Crippen LogP contribution in [0, 0.1) is 12.7 Å². The van der Waals surface area contributed by atoms with Gasteiger partial charge in [0.1, 0.15) is 0 Å². The molecule has 0 bridgehead atoms. The second-order valence-electron chi connectivity index (χ2n) is 3.33. The molecule has 1 rings (SSSR count). The van der Waals surface area contributed by atoms with Crippen molar-refractivity contribution in [2.45, 2.75) is 13.0 Å². The van der Waals surface area contributed by atoms with Crippen LogP contribution in [-0.4, -0.2) is 23.8 Å². The van der Waals surface area contributed by atoms with Crippen LogP contribution in [0.5, 0.6) is 5.75 Å². The van der Waals surface area contributed by atoms with Gasteiger partial charge in [-0.2, -0.15) is 0 Å². The summed E-state index contributed by atoms with van der Waals surface area (Å²) >= 11 is 3.22. The van der Waals surface area contributed by atoms with Crippen molar-refractivity contribution in [3.8, 4) is 5.75 Å². The summed E-state index contributed by atoms with van der Waals surface area (Å²) in [5.41, 5.74) is 0.817. The third-order valence-corrected chi connectivity index (χ3v) is 3.19. The molecule has 1 unspecified atom stereocenters. The Kier molecular flexibility index (Phi) is 4.07. The summed E-state index contributed by atoms with van der Waals surface area (Å²) in [6.07, 6.45) is -0.946. The Hall–Kier alpha value is -0.650. The van der Waals surface area contributed by atoms with E-state index in [0.29, 0.717) is 10.0 Å². The molecule has 1 atom stereocenters. The van der Waals surface area contributed by atoms with Crippen LogP contribution in [0.3, 0.4) is 0 Å².